The first kappa shape index (κ1) is 17.0. The van der Waals surface area contributed by atoms with Crippen LogP contribution in [-0.2, 0) is 6.54 Å². The molecule has 0 unspecified atom stereocenters. The number of hydrogen-bond acceptors (Lipinski definition) is 4. The van der Waals surface area contributed by atoms with Crippen molar-refractivity contribution in [1.29, 1.82) is 0 Å². The van der Waals surface area contributed by atoms with Crippen LogP contribution >= 0.6 is 0 Å². The van der Waals surface area contributed by atoms with E-state index >= 15 is 0 Å². The highest BCUT2D eigenvalue weighted by Crippen LogP contribution is 2.25. The van der Waals surface area contributed by atoms with Gasteiger partial charge in [0.05, 0.1) is 18.1 Å². The van der Waals surface area contributed by atoms with E-state index in [1.807, 2.05) is 18.2 Å². The highest BCUT2D eigenvalue weighted by atomic mass is 16.5. The van der Waals surface area contributed by atoms with Crippen LogP contribution < -0.4 is 4.74 Å². The van der Waals surface area contributed by atoms with Gasteiger partial charge in [0.25, 0.3) is 0 Å². The zero-order valence-electron chi connectivity index (χ0n) is 14.6. The zero-order chi connectivity index (χ0) is 17.6. The van der Waals surface area contributed by atoms with Crippen LogP contribution in [0.2, 0.25) is 0 Å². The summed E-state index contributed by atoms with van der Waals surface area (Å²) in [5, 5.41) is 10.0. The van der Waals surface area contributed by atoms with Gasteiger partial charge < -0.3 is 14.4 Å². The average Bonchev–Trinajstić information content (AvgIpc) is 2.99. The van der Waals surface area contributed by atoms with Gasteiger partial charge in [-0.25, -0.2) is 9.98 Å². The number of unbranched alkanes of at least 4 members (excludes halogenated alkanes) is 2. The first-order chi connectivity index (χ1) is 12.2. The number of aryl methyl sites for hydroxylation is 1. The fraction of sp³-hybridized carbons (Fsp3) is 0.300. The second-order valence-corrected chi connectivity index (χ2v) is 5.94. The molecule has 0 saturated heterocycles. The molecule has 0 amide bonds. The van der Waals surface area contributed by atoms with Crippen LogP contribution in [0.3, 0.4) is 0 Å². The van der Waals surface area contributed by atoms with E-state index in [1.165, 1.54) is 12.8 Å². The lowest BCUT2D eigenvalue weighted by Gasteiger charge is -2.06. The van der Waals surface area contributed by atoms with E-state index in [0.29, 0.717) is 17.3 Å². The van der Waals surface area contributed by atoms with Crippen molar-refractivity contribution in [2.45, 2.75) is 32.7 Å². The number of methoxy groups -OCH3 is 1. The third kappa shape index (κ3) is 3.82. The van der Waals surface area contributed by atoms with Crippen molar-refractivity contribution < 1.29 is 9.84 Å². The highest BCUT2D eigenvalue weighted by molar-refractivity contribution is 5.86. The molecule has 1 N–H and O–H groups in total. The molecule has 3 rings (SSSR count). The Hall–Kier alpha value is -2.82. The number of aliphatic imine (C=N–C) groups is 1. The second-order valence-electron chi connectivity index (χ2n) is 5.94. The van der Waals surface area contributed by atoms with Crippen LogP contribution in [0.4, 0.5) is 5.95 Å². The maximum atomic E-state index is 10.0. The Morgan fingerprint density at radius 2 is 2.04 bits per heavy atom. The van der Waals surface area contributed by atoms with Crippen molar-refractivity contribution >= 4 is 23.2 Å². The number of imidazole rings is 1. The normalized spacial score (nSPS) is 11.4. The summed E-state index contributed by atoms with van der Waals surface area (Å²) in [7, 11) is 1.60. The molecule has 0 spiro atoms. The molecule has 0 atom stereocenters. The maximum Gasteiger partial charge on any atom is 0.230 e. The SMILES string of the molecule is CCCCCn1c(/N=C/c2cc(OC)ccc2O)nc2ccccc21. The first-order valence-corrected chi connectivity index (χ1v) is 8.59. The van der Waals surface area contributed by atoms with Gasteiger partial charge in [0, 0.05) is 18.3 Å². The molecule has 0 aliphatic heterocycles. The molecule has 0 radical (unpaired) electrons. The van der Waals surface area contributed by atoms with Crippen molar-refractivity contribution in [3.8, 4) is 11.5 Å². The van der Waals surface area contributed by atoms with E-state index in [2.05, 4.69) is 27.5 Å². The first-order valence-electron chi connectivity index (χ1n) is 8.59. The average molecular weight is 337 g/mol. The lowest BCUT2D eigenvalue weighted by atomic mass is 10.2. The smallest absolute Gasteiger partial charge is 0.230 e. The molecule has 0 saturated carbocycles. The summed E-state index contributed by atoms with van der Waals surface area (Å²) in [5.41, 5.74) is 2.62. The largest absolute Gasteiger partial charge is 0.507 e. The third-order valence-corrected chi connectivity index (χ3v) is 4.17. The van der Waals surface area contributed by atoms with E-state index < -0.39 is 0 Å². The van der Waals surface area contributed by atoms with E-state index in [4.69, 9.17) is 4.74 Å². The van der Waals surface area contributed by atoms with Gasteiger partial charge in [-0.3, -0.25) is 0 Å². The van der Waals surface area contributed by atoms with E-state index in [1.54, 1.807) is 31.5 Å². The van der Waals surface area contributed by atoms with E-state index in [9.17, 15) is 5.11 Å². The minimum Gasteiger partial charge on any atom is -0.507 e. The van der Waals surface area contributed by atoms with Gasteiger partial charge in [-0.1, -0.05) is 31.9 Å². The Kier molecular flexibility index (Phi) is 5.33. The van der Waals surface area contributed by atoms with Crippen molar-refractivity contribution in [1.82, 2.24) is 9.55 Å². The number of nitrogens with zero attached hydrogens (tertiary/aromatic N) is 3. The quantitative estimate of drug-likeness (QED) is 0.502. The molecule has 3 aromatic rings. The third-order valence-electron chi connectivity index (χ3n) is 4.17. The molecule has 0 bridgehead atoms. The van der Waals surface area contributed by atoms with Crippen molar-refractivity contribution in [2.24, 2.45) is 4.99 Å². The van der Waals surface area contributed by atoms with Crippen molar-refractivity contribution in [3.63, 3.8) is 0 Å². The summed E-state index contributed by atoms with van der Waals surface area (Å²) in [6.45, 7) is 3.07. The molecule has 2 aromatic carbocycles. The minimum absolute atomic E-state index is 0.165. The van der Waals surface area contributed by atoms with Crippen molar-refractivity contribution in [3.05, 3.63) is 48.0 Å². The monoisotopic (exact) mass is 337 g/mol. The Morgan fingerprint density at radius 3 is 2.84 bits per heavy atom. The number of fused-ring (bicyclic) bond motifs is 1. The van der Waals surface area contributed by atoms with Crippen LogP contribution in [0.5, 0.6) is 11.5 Å². The Labute approximate surface area is 147 Å². The fourth-order valence-electron chi connectivity index (χ4n) is 2.79. The number of hydrogen-bond donors (Lipinski definition) is 1. The van der Waals surface area contributed by atoms with Gasteiger partial charge in [-0.05, 0) is 36.8 Å². The lowest BCUT2D eigenvalue weighted by molar-refractivity contribution is 0.412. The van der Waals surface area contributed by atoms with E-state index in [-0.39, 0.29) is 5.75 Å². The standard InChI is InChI=1S/C20H23N3O2/c1-3-4-7-12-23-18-9-6-5-8-17(18)22-20(23)21-14-15-13-16(25-2)10-11-19(15)24/h5-6,8-11,13-14,24H,3-4,7,12H2,1-2H3/b21-14+. The number of phenols is 1. The molecule has 0 fully saturated rings. The van der Waals surface area contributed by atoms with Gasteiger partial charge in [-0.15, -0.1) is 0 Å². The Morgan fingerprint density at radius 1 is 1.20 bits per heavy atom. The minimum atomic E-state index is 0.165. The summed E-state index contributed by atoms with van der Waals surface area (Å²) in [6, 6.07) is 13.1. The predicted octanol–water partition coefficient (Wildman–Crippen LogP) is 4.69. The number of aromatic hydroxyl groups is 1. The van der Waals surface area contributed by atoms with Gasteiger partial charge in [0.1, 0.15) is 11.5 Å². The molecular weight excluding hydrogens is 314 g/mol. The molecular formula is C20H23N3O2. The summed E-state index contributed by atoms with van der Waals surface area (Å²) in [5.74, 6) is 1.49. The molecule has 0 aliphatic rings. The molecule has 25 heavy (non-hydrogen) atoms. The van der Waals surface area contributed by atoms with Crippen LogP contribution in [0.1, 0.15) is 31.7 Å². The number of phenolic OH excluding ortho intramolecular Hbond substituents is 1. The summed E-state index contributed by atoms with van der Waals surface area (Å²) in [6.07, 6.45) is 5.06. The van der Waals surface area contributed by atoms with Crippen molar-refractivity contribution in [2.75, 3.05) is 7.11 Å². The number of rotatable bonds is 7. The summed E-state index contributed by atoms with van der Waals surface area (Å²) in [4.78, 5) is 9.17. The second kappa shape index (κ2) is 7.83. The van der Waals surface area contributed by atoms with Crippen LogP contribution in [0, 0.1) is 0 Å². The number of aromatic nitrogens is 2. The van der Waals surface area contributed by atoms with Crippen LogP contribution in [0.15, 0.2) is 47.5 Å². The van der Waals surface area contributed by atoms with Crippen LogP contribution in [-0.4, -0.2) is 28.0 Å². The van der Waals surface area contributed by atoms with Gasteiger partial charge in [0.15, 0.2) is 0 Å². The Bertz CT molecular complexity index is 884. The van der Waals surface area contributed by atoms with E-state index in [0.717, 1.165) is 24.0 Å². The van der Waals surface area contributed by atoms with Gasteiger partial charge >= 0.3 is 0 Å². The number of para-hydroxylation sites is 2. The lowest BCUT2D eigenvalue weighted by Crippen LogP contribution is -1.97. The molecule has 1 aromatic heterocycles. The topological polar surface area (TPSA) is 59.6 Å². The Balaban J connectivity index is 1.96. The summed E-state index contributed by atoms with van der Waals surface area (Å²) >= 11 is 0. The molecule has 5 nitrogen and oxygen atoms in total. The van der Waals surface area contributed by atoms with Gasteiger partial charge in [0.2, 0.25) is 5.95 Å². The van der Waals surface area contributed by atoms with Gasteiger partial charge in [-0.2, -0.15) is 0 Å². The molecule has 1 heterocycles. The fourth-order valence-corrected chi connectivity index (χ4v) is 2.79. The molecule has 130 valence electrons. The molecule has 0 aliphatic carbocycles. The molecule has 5 heteroatoms. The van der Waals surface area contributed by atoms with Crippen LogP contribution in [0.25, 0.3) is 11.0 Å². The summed E-state index contributed by atoms with van der Waals surface area (Å²) < 4.78 is 7.34. The maximum absolute atomic E-state index is 10.0. The zero-order valence-corrected chi connectivity index (χ0v) is 14.6. The predicted molar refractivity (Wildman–Crippen MR) is 101 cm³/mol. The highest BCUT2D eigenvalue weighted by Gasteiger charge is 2.09. The number of ether oxygens (including phenoxy) is 1. The number of benzene rings is 2.